The van der Waals surface area contributed by atoms with E-state index >= 15 is 0 Å². The number of amides is 1. The summed E-state index contributed by atoms with van der Waals surface area (Å²) in [5.74, 6) is -0.352. The molecule has 0 saturated carbocycles. The molecule has 6 nitrogen and oxygen atoms in total. The third kappa shape index (κ3) is 3.66. The van der Waals surface area contributed by atoms with Crippen molar-refractivity contribution < 1.29 is 32.3 Å². The summed E-state index contributed by atoms with van der Waals surface area (Å²) in [7, 11) is 0. The quantitative estimate of drug-likeness (QED) is 0.591. The van der Waals surface area contributed by atoms with Gasteiger partial charge in [0.25, 0.3) is 5.91 Å². The molecule has 1 aromatic heterocycles. The second-order valence-electron chi connectivity index (χ2n) is 8.37. The number of phenols is 1. The predicted molar refractivity (Wildman–Crippen MR) is 112 cm³/mol. The van der Waals surface area contributed by atoms with Gasteiger partial charge in [0.05, 0.1) is 17.2 Å². The zero-order valence-electron chi connectivity index (χ0n) is 17.7. The fraction of sp³-hybridized carbons (Fsp3) is 0.333. The first-order chi connectivity index (χ1) is 15.8. The van der Waals surface area contributed by atoms with E-state index in [9.17, 15) is 23.1 Å². The molecule has 9 heteroatoms. The number of hydrogen-bond donors (Lipinski definition) is 1. The number of phenolic OH excluding ortho intramolecular Hbond substituents is 1. The number of nitrogens with zero attached hydrogens (tertiary/aromatic N) is 2. The van der Waals surface area contributed by atoms with Crippen LogP contribution >= 0.6 is 0 Å². The standard InChI is InChI=1S/C24H21F3N2O4/c1-13-2-7-18(30)17(12-13)20-19-21(14-3-5-15(6-4-14)24(25,26)27)29(16-8-10-32-11-9-16)23(31)22(19)33-28-20/h2-7,12,16,21,30H,8-11H2,1H3. The molecule has 0 spiro atoms. The van der Waals surface area contributed by atoms with Crippen LogP contribution in [0.15, 0.2) is 47.0 Å². The summed E-state index contributed by atoms with van der Waals surface area (Å²) in [5.41, 5.74) is 1.77. The first-order valence-electron chi connectivity index (χ1n) is 10.6. The Kier molecular flexibility index (Phi) is 5.16. The number of hydrogen-bond acceptors (Lipinski definition) is 5. The van der Waals surface area contributed by atoms with Crippen molar-refractivity contribution in [2.24, 2.45) is 0 Å². The maximum Gasteiger partial charge on any atom is 0.416 e. The zero-order chi connectivity index (χ0) is 23.3. The van der Waals surface area contributed by atoms with Crippen molar-refractivity contribution in [3.05, 3.63) is 70.5 Å². The Morgan fingerprint density at radius 1 is 1.09 bits per heavy atom. The minimum Gasteiger partial charge on any atom is -0.507 e. The molecule has 5 rings (SSSR count). The third-order valence-corrected chi connectivity index (χ3v) is 6.25. The number of fused-ring (bicyclic) bond motifs is 1. The molecule has 33 heavy (non-hydrogen) atoms. The number of aromatic nitrogens is 1. The molecule has 2 aliphatic heterocycles. The average Bonchev–Trinajstić information content (AvgIpc) is 3.34. The zero-order valence-corrected chi connectivity index (χ0v) is 17.7. The van der Waals surface area contributed by atoms with E-state index in [1.807, 2.05) is 6.92 Å². The van der Waals surface area contributed by atoms with Crippen molar-refractivity contribution in [2.45, 2.75) is 38.0 Å². The first-order valence-corrected chi connectivity index (χ1v) is 10.6. The van der Waals surface area contributed by atoms with Crippen molar-refractivity contribution in [3.8, 4) is 17.0 Å². The lowest BCUT2D eigenvalue weighted by molar-refractivity contribution is -0.137. The summed E-state index contributed by atoms with van der Waals surface area (Å²) in [6, 6.07) is 8.94. The summed E-state index contributed by atoms with van der Waals surface area (Å²) in [4.78, 5) is 15.1. The van der Waals surface area contributed by atoms with Gasteiger partial charge in [-0.3, -0.25) is 4.79 Å². The van der Waals surface area contributed by atoms with Crippen LogP contribution in [-0.4, -0.2) is 40.3 Å². The van der Waals surface area contributed by atoms with Crippen LogP contribution in [0, 0.1) is 6.92 Å². The van der Waals surface area contributed by atoms with E-state index in [0.29, 0.717) is 48.4 Å². The highest BCUT2D eigenvalue weighted by atomic mass is 19.4. The molecule has 3 heterocycles. The fourth-order valence-corrected chi connectivity index (χ4v) is 4.63. The molecule has 1 fully saturated rings. The van der Waals surface area contributed by atoms with Gasteiger partial charge >= 0.3 is 6.18 Å². The lowest BCUT2D eigenvalue weighted by atomic mass is 9.93. The van der Waals surface area contributed by atoms with Gasteiger partial charge in [-0.05, 0) is 49.6 Å². The normalized spacial score (nSPS) is 19.2. The van der Waals surface area contributed by atoms with Crippen LogP contribution in [0.2, 0.25) is 0 Å². The van der Waals surface area contributed by atoms with Gasteiger partial charge < -0.3 is 19.3 Å². The van der Waals surface area contributed by atoms with Crippen LogP contribution in [0.25, 0.3) is 11.3 Å². The summed E-state index contributed by atoms with van der Waals surface area (Å²) in [6.07, 6.45) is -3.26. The van der Waals surface area contributed by atoms with Crippen LogP contribution in [0.3, 0.4) is 0 Å². The molecule has 0 aliphatic carbocycles. The van der Waals surface area contributed by atoms with Crippen molar-refractivity contribution in [3.63, 3.8) is 0 Å². The number of ether oxygens (including phenoxy) is 1. The van der Waals surface area contributed by atoms with Gasteiger partial charge in [-0.15, -0.1) is 0 Å². The Bertz CT molecular complexity index is 1200. The lowest BCUT2D eigenvalue weighted by Gasteiger charge is -2.36. The maximum absolute atomic E-state index is 13.4. The Labute approximate surface area is 187 Å². The number of carbonyl (C=O) groups excluding carboxylic acids is 1. The van der Waals surface area contributed by atoms with Gasteiger partial charge in [-0.2, -0.15) is 13.2 Å². The highest BCUT2D eigenvalue weighted by Crippen LogP contribution is 2.47. The predicted octanol–water partition coefficient (Wildman–Crippen LogP) is 5.10. The third-order valence-electron chi connectivity index (χ3n) is 6.25. The number of rotatable bonds is 3. The Morgan fingerprint density at radius 3 is 2.45 bits per heavy atom. The van der Waals surface area contributed by atoms with E-state index in [1.165, 1.54) is 18.2 Å². The van der Waals surface area contributed by atoms with E-state index in [4.69, 9.17) is 9.26 Å². The van der Waals surface area contributed by atoms with Crippen LogP contribution in [0.5, 0.6) is 5.75 Å². The average molecular weight is 458 g/mol. The van der Waals surface area contributed by atoms with Crippen molar-refractivity contribution in [1.82, 2.24) is 10.1 Å². The molecular weight excluding hydrogens is 437 g/mol. The van der Waals surface area contributed by atoms with Gasteiger partial charge in [0.15, 0.2) is 0 Å². The number of aromatic hydroxyl groups is 1. The number of carbonyl (C=O) groups is 1. The largest absolute Gasteiger partial charge is 0.507 e. The SMILES string of the molecule is Cc1ccc(O)c(-c2noc3c2C(c2ccc(C(F)(F)F)cc2)N(C2CCOCC2)C3=O)c1. The van der Waals surface area contributed by atoms with Crippen molar-refractivity contribution in [1.29, 1.82) is 0 Å². The van der Waals surface area contributed by atoms with Crippen molar-refractivity contribution in [2.75, 3.05) is 13.2 Å². The summed E-state index contributed by atoms with van der Waals surface area (Å²) < 4.78 is 50.4. The molecule has 3 aromatic rings. The van der Waals surface area contributed by atoms with Gasteiger partial charge in [-0.1, -0.05) is 28.9 Å². The molecule has 1 atom stereocenters. The monoisotopic (exact) mass is 458 g/mol. The summed E-state index contributed by atoms with van der Waals surface area (Å²) in [5, 5.41) is 14.6. The topological polar surface area (TPSA) is 75.8 Å². The smallest absolute Gasteiger partial charge is 0.416 e. The van der Waals surface area contributed by atoms with E-state index in [1.54, 1.807) is 17.0 Å². The van der Waals surface area contributed by atoms with E-state index < -0.39 is 17.8 Å². The Hall–Kier alpha value is -3.33. The van der Waals surface area contributed by atoms with Crippen LogP contribution in [0.1, 0.15) is 51.7 Å². The Morgan fingerprint density at radius 2 is 1.79 bits per heavy atom. The number of alkyl halides is 3. The molecule has 1 unspecified atom stereocenters. The van der Waals surface area contributed by atoms with Crippen LogP contribution < -0.4 is 0 Å². The van der Waals surface area contributed by atoms with Gasteiger partial charge in [0.2, 0.25) is 5.76 Å². The van der Waals surface area contributed by atoms with Gasteiger partial charge in [0, 0.05) is 24.8 Å². The molecule has 0 bridgehead atoms. The first kappa shape index (κ1) is 21.5. The number of benzene rings is 2. The summed E-state index contributed by atoms with van der Waals surface area (Å²) in [6.45, 7) is 2.83. The highest BCUT2D eigenvalue weighted by Gasteiger charge is 2.47. The van der Waals surface area contributed by atoms with Gasteiger partial charge in [-0.25, -0.2) is 0 Å². The number of aryl methyl sites for hydroxylation is 1. The maximum atomic E-state index is 13.4. The lowest BCUT2D eigenvalue weighted by Crippen LogP contribution is -2.42. The number of halogens is 3. The molecule has 2 aliphatic rings. The highest BCUT2D eigenvalue weighted by molar-refractivity contribution is 5.99. The molecule has 172 valence electrons. The van der Waals surface area contributed by atoms with E-state index in [0.717, 1.165) is 17.7 Å². The summed E-state index contributed by atoms with van der Waals surface area (Å²) >= 11 is 0. The second kappa shape index (κ2) is 7.91. The minimum atomic E-state index is -4.47. The van der Waals surface area contributed by atoms with Crippen molar-refractivity contribution >= 4 is 5.91 Å². The molecule has 1 saturated heterocycles. The molecule has 1 N–H and O–H groups in total. The second-order valence-corrected chi connectivity index (χ2v) is 8.37. The fourth-order valence-electron chi connectivity index (χ4n) is 4.63. The van der Waals surface area contributed by atoms with E-state index in [2.05, 4.69) is 5.16 Å². The minimum absolute atomic E-state index is 0.0279. The molecule has 2 aromatic carbocycles. The molecule has 0 radical (unpaired) electrons. The van der Waals surface area contributed by atoms with E-state index in [-0.39, 0.29) is 23.5 Å². The van der Waals surface area contributed by atoms with Crippen LogP contribution in [0.4, 0.5) is 13.2 Å². The Balaban J connectivity index is 1.66. The van der Waals surface area contributed by atoms with Crippen LogP contribution in [-0.2, 0) is 10.9 Å². The van der Waals surface area contributed by atoms with Gasteiger partial charge in [0.1, 0.15) is 11.4 Å². The molecular formula is C24H21F3N2O4. The molecule has 1 amide bonds.